The van der Waals surface area contributed by atoms with Crippen molar-refractivity contribution in [1.82, 2.24) is 9.80 Å². The molecule has 1 N–H and O–H groups in total. The lowest BCUT2D eigenvalue weighted by atomic mass is 9.96. The molecule has 3 rings (SSSR count). The van der Waals surface area contributed by atoms with Crippen LogP contribution in [0.1, 0.15) is 24.8 Å². The summed E-state index contributed by atoms with van der Waals surface area (Å²) in [5, 5.41) is 9.70. The lowest BCUT2D eigenvalue weighted by molar-refractivity contribution is -0.155. The second-order valence-electron chi connectivity index (χ2n) is 6.03. The van der Waals surface area contributed by atoms with Gasteiger partial charge in [-0.1, -0.05) is 30.3 Å². The van der Waals surface area contributed by atoms with Gasteiger partial charge in [-0.15, -0.1) is 0 Å². The molecule has 0 radical (unpaired) electrons. The summed E-state index contributed by atoms with van der Waals surface area (Å²) in [4.78, 5) is 26.9. The summed E-state index contributed by atoms with van der Waals surface area (Å²) in [5.41, 5.74) is 0.125. The lowest BCUT2D eigenvalue weighted by Crippen LogP contribution is -2.56. The van der Waals surface area contributed by atoms with Gasteiger partial charge in [0.05, 0.1) is 0 Å². The molecule has 1 aromatic rings. The van der Waals surface area contributed by atoms with E-state index >= 15 is 0 Å². The Morgan fingerprint density at radius 1 is 1.38 bits per heavy atom. The van der Waals surface area contributed by atoms with E-state index in [0.717, 1.165) is 25.8 Å². The summed E-state index contributed by atoms with van der Waals surface area (Å²) in [5.74, 6) is -0.878. The van der Waals surface area contributed by atoms with Gasteiger partial charge < -0.3 is 10.0 Å². The first-order valence-electron chi connectivity index (χ1n) is 7.39. The summed E-state index contributed by atoms with van der Waals surface area (Å²) in [6.45, 7) is 1.85. The highest BCUT2D eigenvalue weighted by Crippen LogP contribution is 2.37. The Balaban J connectivity index is 1.75. The number of hydrogen-bond donors (Lipinski definition) is 1. The number of rotatable bonds is 6. The second-order valence-corrected chi connectivity index (χ2v) is 6.03. The quantitative estimate of drug-likeness (QED) is 0.802. The fourth-order valence-corrected chi connectivity index (χ4v) is 3.23. The van der Waals surface area contributed by atoms with E-state index in [9.17, 15) is 14.7 Å². The van der Waals surface area contributed by atoms with E-state index in [1.165, 1.54) is 5.56 Å². The standard InChI is InChI=1S/C16H20N2O3/c19-12-18(14-6-7-14)16(15(20)21)8-9-17(11-16)10-13-4-2-1-3-5-13/h1-5,12,14H,6-11H2,(H,20,21). The van der Waals surface area contributed by atoms with Gasteiger partial charge in [0.25, 0.3) is 0 Å². The summed E-state index contributed by atoms with van der Waals surface area (Å²) in [7, 11) is 0. The van der Waals surface area contributed by atoms with Crippen molar-refractivity contribution >= 4 is 12.4 Å². The molecule has 112 valence electrons. The number of carboxylic acid groups (broad SMARTS) is 1. The monoisotopic (exact) mass is 288 g/mol. The maximum absolute atomic E-state index is 11.8. The fourth-order valence-electron chi connectivity index (χ4n) is 3.23. The van der Waals surface area contributed by atoms with E-state index in [-0.39, 0.29) is 6.04 Å². The molecule has 1 saturated heterocycles. The molecule has 1 amide bonds. The molecule has 1 aromatic carbocycles. The number of hydrogen-bond acceptors (Lipinski definition) is 3. The summed E-state index contributed by atoms with van der Waals surface area (Å²) < 4.78 is 0. The van der Waals surface area contributed by atoms with Crippen molar-refractivity contribution in [3.05, 3.63) is 35.9 Å². The molecule has 5 heteroatoms. The van der Waals surface area contributed by atoms with Crippen LogP contribution in [0.4, 0.5) is 0 Å². The van der Waals surface area contributed by atoms with Crippen LogP contribution < -0.4 is 0 Å². The van der Waals surface area contributed by atoms with Gasteiger partial charge in [0, 0.05) is 25.7 Å². The maximum Gasteiger partial charge on any atom is 0.331 e. The number of amides is 1. The Kier molecular flexibility index (Phi) is 3.68. The number of carbonyl (C=O) groups excluding carboxylic acids is 1. The van der Waals surface area contributed by atoms with Gasteiger partial charge in [-0.25, -0.2) is 4.79 Å². The Hall–Kier alpha value is -1.88. The van der Waals surface area contributed by atoms with Gasteiger partial charge in [0.2, 0.25) is 6.41 Å². The van der Waals surface area contributed by atoms with Crippen LogP contribution in [-0.4, -0.2) is 52.0 Å². The van der Waals surface area contributed by atoms with Crippen molar-refractivity contribution in [2.75, 3.05) is 13.1 Å². The van der Waals surface area contributed by atoms with Gasteiger partial charge in [-0.3, -0.25) is 9.69 Å². The zero-order valence-corrected chi connectivity index (χ0v) is 11.9. The average molecular weight is 288 g/mol. The predicted molar refractivity (Wildman–Crippen MR) is 77.6 cm³/mol. The molecule has 5 nitrogen and oxygen atoms in total. The number of carboxylic acids is 1. The molecule has 2 aliphatic rings. The lowest BCUT2D eigenvalue weighted by Gasteiger charge is -2.35. The molecule has 21 heavy (non-hydrogen) atoms. The number of benzene rings is 1. The number of carbonyl (C=O) groups is 2. The molecule has 1 unspecified atom stereocenters. The third-order valence-electron chi connectivity index (χ3n) is 4.52. The average Bonchev–Trinajstić information content (AvgIpc) is 3.22. The topological polar surface area (TPSA) is 60.9 Å². The smallest absolute Gasteiger partial charge is 0.331 e. The summed E-state index contributed by atoms with van der Waals surface area (Å²) >= 11 is 0. The molecule has 1 aliphatic carbocycles. The highest BCUT2D eigenvalue weighted by Gasteiger charge is 2.53. The first-order valence-corrected chi connectivity index (χ1v) is 7.39. The third-order valence-corrected chi connectivity index (χ3v) is 4.52. The van der Waals surface area contributed by atoms with Gasteiger partial charge in [0.15, 0.2) is 5.54 Å². The van der Waals surface area contributed by atoms with E-state index in [2.05, 4.69) is 4.90 Å². The molecule has 2 fully saturated rings. The maximum atomic E-state index is 11.8. The van der Waals surface area contributed by atoms with E-state index < -0.39 is 11.5 Å². The van der Waals surface area contributed by atoms with E-state index in [0.29, 0.717) is 19.5 Å². The second kappa shape index (κ2) is 5.48. The van der Waals surface area contributed by atoms with Crippen LogP contribution in [0.3, 0.4) is 0 Å². The number of nitrogens with zero attached hydrogens (tertiary/aromatic N) is 2. The summed E-state index contributed by atoms with van der Waals surface area (Å²) in [6, 6.07) is 10.1. The Morgan fingerprint density at radius 2 is 2.10 bits per heavy atom. The van der Waals surface area contributed by atoms with Crippen LogP contribution in [-0.2, 0) is 16.1 Å². The fraction of sp³-hybridized carbons (Fsp3) is 0.500. The van der Waals surface area contributed by atoms with Crippen molar-refractivity contribution in [3.63, 3.8) is 0 Å². The van der Waals surface area contributed by atoms with Gasteiger partial charge >= 0.3 is 5.97 Å². The molecular formula is C16H20N2O3. The van der Waals surface area contributed by atoms with Gasteiger partial charge in [-0.2, -0.15) is 0 Å². The SMILES string of the molecule is O=CN(C1CC1)C1(C(=O)O)CCN(Cc2ccccc2)C1. The van der Waals surface area contributed by atoms with Gasteiger partial charge in [0.1, 0.15) is 0 Å². The van der Waals surface area contributed by atoms with Crippen LogP contribution in [0, 0.1) is 0 Å². The highest BCUT2D eigenvalue weighted by molar-refractivity contribution is 5.82. The van der Waals surface area contributed by atoms with Crippen molar-refractivity contribution in [2.24, 2.45) is 0 Å². The van der Waals surface area contributed by atoms with E-state index in [4.69, 9.17) is 0 Å². The minimum absolute atomic E-state index is 0.121. The molecular weight excluding hydrogens is 268 g/mol. The number of likely N-dealkylation sites (tertiary alicyclic amines) is 1. The highest BCUT2D eigenvalue weighted by atomic mass is 16.4. The van der Waals surface area contributed by atoms with Crippen molar-refractivity contribution in [3.8, 4) is 0 Å². The molecule has 0 aromatic heterocycles. The van der Waals surface area contributed by atoms with Crippen LogP contribution in [0.2, 0.25) is 0 Å². The van der Waals surface area contributed by atoms with Crippen LogP contribution in [0.5, 0.6) is 0 Å². The first-order chi connectivity index (χ1) is 10.2. The molecule has 1 heterocycles. The minimum Gasteiger partial charge on any atom is -0.479 e. The predicted octanol–water partition coefficient (Wildman–Crippen LogP) is 1.34. The Labute approximate surface area is 124 Å². The Bertz CT molecular complexity index is 530. The van der Waals surface area contributed by atoms with Crippen LogP contribution in [0.25, 0.3) is 0 Å². The molecule has 0 spiro atoms. The summed E-state index contributed by atoms with van der Waals surface area (Å²) in [6.07, 6.45) is 3.08. The van der Waals surface area contributed by atoms with Crippen LogP contribution >= 0.6 is 0 Å². The molecule has 1 aliphatic heterocycles. The van der Waals surface area contributed by atoms with Crippen LogP contribution in [0.15, 0.2) is 30.3 Å². The number of aliphatic carboxylic acids is 1. The molecule has 1 atom stereocenters. The minimum atomic E-state index is -1.04. The first kappa shape index (κ1) is 14.1. The van der Waals surface area contributed by atoms with Crippen molar-refractivity contribution in [2.45, 2.75) is 37.4 Å². The zero-order valence-electron chi connectivity index (χ0n) is 11.9. The van der Waals surface area contributed by atoms with Gasteiger partial charge in [-0.05, 0) is 24.8 Å². The normalized spacial score (nSPS) is 25.7. The van der Waals surface area contributed by atoms with E-state index in [1.54, 1.807) is 4.90 Å². The molecule has 0 bridgehead atoms. The zero-order chi connectivity index (χ0) is 14.9. The van der Waals surface area contributed by atoms with Crippen molar-refractivity contribution < 1.29 is 14.7 Å². The largest absolute Gasteiger partial charge is 0.479 e. The van der Waals surface area contributed by atoms with Crippen molar-refractivity contribution in [1.29, 1.82) is 0 Å². The molecule has 1 saturated carbocycles. The third kappa shape index (κ3) is 2.65. The van der Waals surface area contributed by atoms with E-state index in [1.807, 2.05) is 30.3 Å². The Morgan fingerprint density at radius 3 is 2.67 bits per heavy atom.